The zero-order valence-corrected chi connectivity index (χ0v) is 37.2. The number of furan rings is 1. The van der Waals surface area contributed by atoms with Gasteiger partial charge in [-0.3, -0.25) is 0 Å². The van der Waals surface area contributed by atoms with Crippen LogP contribution >= 0.6 is 0 Å². The van der Waals surface area contributed by atoms with Gasteiger partial charge in [-0.1, -0.05) is 175 Å². The van der Waals surface area contributed by atoms with Gasteiger partial charge in [0.1, 0.15) is 11.2 Å². The van der Waals surface area contributed by atoms with Crippen LogP contribution < -0.4 is 0 Å². The summed E-state index contributed by atoms with van der Waals surface area (Å²) >= 11 is 0. The molecule has 0 fully saturated rings. The number of hydrogen-bond donors (Lipinski definition) is 0. The predicted molar refractivity (Wildman–Crippen MR) is 273 cm³/mol. The highest BCUT2D eigenvalue weighted by atomic mass is 16.3. The average molecular weight is 849 g/mol. The number of hydrogen-bond acceptors (Lipinski definition) is 4. The van der Waals surface area contributed by atoms with E-state index in [-0.39, 0.29) is 0 Å². The Hall–Kier alpha value is -8.41. The summed E-state index contributed by atoms with van der Waals surface area (Å²) in [5, 5.41) is 4.50. The van der Waals surface area contributed by atoms with Crippen LogP contribution in [0.4, 0.5) is 0 Å². The molecule has 0 saturated carbocycles. The molecule has 5 nitrogen and oxygen atoms in total. The summed E-state index contributed by atoms with van der Waals surface area (Å²) in [5.41, 5.74) is 19.2. The molecule has 9 aromatic carbocycles. The maximum absolute atomic E-state index is 6.65. The molecule has 5 heteroatoms. The van der Waals surface area contributed by atoms with Crippen LogP contribution in [0.15, 0.2) is 199 Å². The smallest absolute Gasteiger partial charge is 0.166 e. The van der Waals surface area contributed by atoms with Crippen LogP contribution in [0.1, 0.15) is 22.3 Å². The van der Waals surface area contributed by atoms with Crippen molar-refractivity contribution in [2.24, 2.45) is 0 Å². The molecule has 0 N–H and O–H groups in total. The summed E-state index contributed by atoms with van der Waals surface area (Å²) < 4.78 is 9.08. The Kier molecular flexibility index (Phi) is 9.32. The monoisotopic (exact) mass is 848 g/mol. The Morgan fingerprint density at radius 3 is 1.45 bits per heavy atom. The standard InChI is InChI=1S/C61H44N4O/c1-37-22-27-46(39(3)32-37)44-24-29-49-50-30-25-45(47-28-23-38(2)33-40(47)4)36-56(50)65(55(49)35-44)54-31-26-43(48-19-13-20-52-51-18-11-12-21-57(51)66-58(48)52)34-53(54)61-63-59(41-14-7-5-8-15-41)62-60(64-61)42-16-9-6-10-17-42/h5-36H,1-4H3. The Morgan fingerprint density at radius 1 is 0.348 bits per heavy atom. The largest absolute Gasteiger partial charge is 0.455 e. The molecule has 0 aliphatic rings. The number of aromatic nitrogens is 4. The van der Waals surface area contributed by atoms with Gasteiger partial charge in [-0.15, -0.1) is 0 Å². The third kappa shape index (κ3) is 6.67. The third-order valence-corrected chi connectivity index (χ3v) is 13.0. The van der Waals surface area contributed by atoms with Crippen molar-refractivity contribution in [2.75, 3.05) is 0 Å². The Labute approximate surface area is 383 Å². The van der Waals surface area contributed by atoms with Crippen molar-refractivity contribution in [1.82, 2.24) is 19.5 Å². The first-order chi connectivity index (χ1) is 32.3. The summed E-state index contributed by atoms with van der Waals surface area (Å²) in [7, 11) is 0. The van der Waals surface area contributed by atoms with Gasteiger partial charge in [0.2, 0.25) is 0 Å². The third-order valence-electron chi connectivity index (χ3n) is 13.0. The van der Waals surface area contributed by atoms with E-state index >= 15 is 0 Å². The summed E-state index contributed by atoms with van der Waals surface area (Å²) in [6.45, 7) is 8.71. The highest BCUT2D eigenvalue weighted by molar-refractivity contribution is 6.12. The number of fused-ring (bicyclic) bond motifs is 6. The van der Waals surface area contributed by atoms with Gasteiger partial charge >= 0.3 is 0 Å². The van der Waals surface area contributed by atoms with Crippen LogP contribution in [-0.4, -0.2) is 19.5 Å². The molecule has 0 atom stereocenters. The normalized spacial score (nSPS) is 11.6. The molecule has 0 saturated heterocycles. The second kappa shape index (κ2) is 15.7. The first-order valence-electron chi connectivity index (χ1n) is 22.5. The van der Waals surface area contributed by atoms with Gasteiger partial charge in [-0.05, 0) is 97.0 Å². The molecule has 0 amide bonds. The second-order valence-electron chi connectivity index (χ2n) is 17.5. The second-order valence-corrected chi connectivity index (χ2v) is 17.5. The predicted octanol–water partition coefficient (Wildman–Crippen LogP) is 16.1. The summed E-state index contributed by atoms with van der Waals surface area (Å²) in [6, 6.07) is 69.0. The Balaban J connectivity index is 1.19. The molecule has 3 aromatic heterocycles. The fourth-order valence-corrected chi connectivity index (χ4v) is 9.87. The summed E-state index contributed by atoms with van der Waals surface area (Å²) in [5.74, 6) is 1.78. The van der Waals surface area contributed by atoms with Crippen LogP contribution in [0.3, 0.4) is 0 Å². The highest BCUT2D eigenvalue weighted by Gasteiger charge is 2.23. The summed E-state index contributed by atoms with van der Waals surface area (Å²) in [4.78, 5) is 15.9. The van der Waals surface area contributed by atoms with E-state index in [0.29, 0.717) is 17.5 Å². The van der Waals surface area contributed by atoms with Crippen molar-refractivity contribution in [1.29, 1.82) is 0 Å². The lowest BCUT2D eigenvalue weighted by molar-refractivity contribution is 0.670. The molecule has 0 spiro atoms. The van der Waals surface area contributed by atoms with Gasteiger partial charge in [-0.25, -0.2) is 15.0 Å². The first kappa shape index (κ1) is 39.2. The van der Waals surface area contributed by atoms with E-state index in [1.54, 1.807) is 0 Å². The van der Waals surface area contributed by atoms with E-state index in [1.165, 1.54) is 44.2 Å². The number of benzene rings is 9. The zero-order valence-electron chi connectivity index (χ0n) is 37.2. The van der Waals surface area contributed by atoms with Crippen LogP contribution in [0.25, 0.3) is 117 Å². The molecular formula is C61H44N4O. The minimum atomic E-state index is 0.572. The van der Waals surface area contributed by atoms with E-state index in [2.05, 4.69) is 178 Å². The van der Waals surface area contributed by atoms with Crippen molar-refractivity contribution in [2.45, 2.75) is 27.7 Å². The zero-order chi connectivity index (χ0) is 44.5. The number of aryl methyl sites for hydroxylation is 4. The van der Waals surface area contributed by atoms with E-state index < -0.39 is 0 Å². The number of para-hydroxylation sites is 2. The highest BCUT2D eigenvalue weighted by Crippen LogP contribution is 2.43. The Morgan fingerprint density at radius 2 is 0.864 bits per heavy atom. The lowest BCUT2D eigenvalue weighted by atomic mass is 9.96. The van der Waals surface area contributed by atoms with Gasteiger partial charge in [-0.2, -0.15) is 0 Å². The molecule has 12 rings (SSSR count). The Bertz CT molecular complexity index is 3700. The quantitative estimate of drug-likeness (QED) is 0.160. The van der Waals surface area contributed by atoms with E-state index in [9.17, 15) is 0 Å². The van der Waals surface area contributed by atoms with Crippen molar-refractivity contribution in [3.8, 4) is 73.2 Å². The van der Waals surface area contributed by atoms with Crippen molar-refractivity contribution < 1.29 is 4.42 Å². The SMILES string of the molecule is Cc1ccc(-c2ccc3c4ccc(-c5ccc(C)cc5C)cc4n(-c4ccc(-c5cccc6c5oc5ccccc56)cc4-c4nc(-c5ccccc5)nc(-c5ccccc5)n4)c3c2)c(C)c1. The number of rotatable bonds is 7. The lowest BCUT2D eigenvalue weighted by Gasteiger charge is -2.17. The molecule has 0 unspecified atom stereocenters. The summed E-state index contributed by atoms with van der Waals surface area (Å²) in [6.07, 6.45) is 0. The molecular weight excluding hydrogens is 805 g/mol. The first-order valence-corrected chi connectivity index (χ1v) is 22.5. The molecule has 0 aliphatic heterocycles. The van der Waals surface area contributed by atoms with E-state index in [4.69, 9.17) is 19.4 Å². The molecule has 0 radical (unpaired) electrons. The van der Waals surface area contributed by atoms with Gasteiger partial charge in [0.05, 0.1) is 16.7 Å². The molecule has 3 heterocycles. The minimum Gasteiger partial charge on any atom is -0.455 e. The van der Waals surface area contributed by atoms with Crippen molar-refractivity contribution in [3.63, 3.8) is 0 Å². The maximum Gasteiger partial charge on any atom is 0.166 e. The van der Waals surface area contributed by atoms with Crippen LogP contribution in [0.5, 0.6) is 0 Å². The molecule has 12 aromatic rings. The van der Waals surface area contributed by atoms with E-state index in [1.807, 2.05) is 48.5 Å². The molecule has 314 valence electrons. The maximum atomic E-state index is 6.65. The van der Waals surface area contributed by atoms with Crippen molar-refractivity contribution in [3.05, 3.63) is 216 Å². The fourth-order valence-electron chi connectivity index (χ4n) is 9.87. The van der Waals surface area contributed by atoms with Crippen LogP contribution in [0, 0.1) is 27.7 Å². The van der Waals surface area contributed by atoms with Gasteiger partial charge in [0.15, 0.2) is 17.5 Å². The van der Waals surface area contributed by atoms with Crippen molar-refractivity contribution >= 4 is 43.7 Å². The minimum absolute atomic E-state index is 0.572. The topological polar surface area (TPSA) is 56.7 Å². The van der Waals surface area contributed by atoms with Crippen LogP contribution in [0.2, 0.25) is 0 Å². The average Bonchev–Trinajstić information content (AvgIpc) is 3.89. The van der Waals surface area contributed by atoms with Gasteiger partial charge in [0.25, 0.3) is 0 Å². The lowest BCUT2D eigenvalue weighted by Crippen LogP contribution is -2.04. The van der Waals surface area contributed by atoms with Gasteiger partial charge in [0, 0.05) is 43.8 Å². The fraction of sp³-hybridized carbons (Fsp3) is 0.0656. The van der Waals surface area contributed by atoms with Gasteiger partial charge < -0.3 is 8.98 Å². The molecule has 0 bridgehead atoms. The number of nitrogens with zero attached hydrogens (tertiary/aromatic N) is 4. The molecule has 0 aliphatic carbocycles. The molecule has 66 heavy (non-hydrogen) atoms. The van der Waals surface area contributed by atoms with Crippen LogP contribution in [-0.2, 0) is 0 Å². The van der Waals surface area contributed by atoms with E-state index in [0.717, 1.165) is 77.6 Å².